The summed E-state index contributed by atoms with van der Waals surface area (Å²) < 4.78 is 21.2. The number of unbranched alkanes of at least 4 members (excludes halogenated alkanes) is 1. The fraction of sp³-hybridized carbons (Fsp3) is 0.429. The van der Waals surface area contributed by atoms with E-state index in [1.54, 1.807) is 0 Å². The molecule has 0 aromatic rings. The lowest BCUT2D eigenvalue weighted by molar-refractivity contribution is 0.614. The molecule has 0 saturated carbocycles. The number of sulfone groups is 1. The maximum absolute atomic E-state index is 10.6. The van der Waals surface area contributed by atoms with E-state index >= 15 is 0 Å². The van der Waals surface area contributed by atoms with Gasteiger partial charge in [-0.2, -0.15) is 0 Å². The molecule has 3 heteroatoms. The third-order valence-corrected chi connectivity index (χ3v) is 1.68. The summed E-state index contributed by atoms with van der Waals surface area (Å²) >= 11 is 0. The Kier molecular flexibility index (Phi) is 3.82. The van der Waals surface area contributed by atoms with Gasteiger partial charge in [0.2, 0.25) is 9.84 Å². The Morgan fingerprint density at radius 1 is 1.60 bits per heavy atom. The van der Waals surface area contributed by atoms with Crippen LogP contribution in [-0.2, 0) is 9.84 Å². The van der Waals surface area contributed by atoms with Crippen LogP contribution in [0.4, 0.5) is 0 Å². The lowest BCUT2D eigenvalue weighted by atomic mass is 10.4. The predicted molar refractivity (Wildman–Crippen MR) is 41.8 cm³/mol. The zero-order valence-electron chi connectivity index (χ0n) is 5.92. The number of hydrogen-bond donors (Lipinski definition) is 0. The van der Waals surface area contributed by atoms with Crippen LogP contribution in [0.5, 0.6) is 0 Å². The highest BCUT2D eigenvalue weighted by molar-refractivity contribution is 7.98. The number of hydrogen-bond acceptors (Lipinski definition) is 2. The highest BCUT2D eigenvalue weighted by Gasteiger charge is 1.93. The predicted octanol–water partition coefficient (Wildman–Crippen LogP) is 1.31. The molecule has 0 spiro atoms. The van der Waals surface area contributed by atoms with Crippen molar-refractivity contribution in [3.05, 3.63) is 12.0 Å². The quantitative estimate of drug-likeness (QED) is 0.448. The van der Waals surface area contributed by atoms with Gasteiger partial charge in [-0.15, -0.1) is 0 Å². The molecule has 0 atom stereocenters. The molecule has 0 fully saturated rings. The van der Waals surface area contributed by atoms with Crippen molar-refractivity contribution in [3.8, 4) is 11.2 Å². The zero-order chi connectivity index (χ0) is 8.04. The third kappa shape index (κ3) is 4.16. The largest absolute Gasteiger partial charge is 0.237 e. The highest BCUT2D eigenvalue weighted by atomic mass is 32.2. The molecule has 0 aromatic carbocycles. The average Bonchev–Trinajstić information content (AvgIpc) is 1.89. The standard InChI is InChI=1S/C7H10O2S/c1-3-5-6-7-10(8,9)4-2/h4H,2-3,5H2,1H3. The minimum atomic E-state index is -3.29. The van der Waals surface area contributed by atoms with Gasteiger partial charge >= 0.3 is 0 Å². The second-order valence-electron chi connectivity index (χ2n) is 1.74. The molecule has 0 aromatic heterocycles. The molecule has 0 aliphatic carbocycles. The van der Waals surface area contributed by atoms with E-state index in [0.29, 0.717) is 6.42 Å². The van der Waals surface area contributed by atoms with E-state index in [4.69, 9.17) is 0 Å². The fourth-order valence-electron chi connectivity index (χ4n) is 0.318. The Hall–Kier alpha value is -0.750. The van der Waals surface area contributed by atoms with Gasteiger partial charge in [-0.1, -0.05) is 19.4 Å². The van der Waals surface area contributed by atoms with Crippen molar-refractivity contribution in [1.29, 1.82) is 0 Å². The van der Waals surface area contributed by atoms with Crippen LogP contribution >= 0.6 is 0 Å². The van der Waals surface area contributed by atoms with Crippen molar-refractivity contribution >= 4 is 9.84 Å². The van der Waals surface area contributed by atoms with E-state index in [-0.39, 0.29) is 0 Å². The molecule has 2 nitrogen and oxygen atoms in total. The summed E-state index contributed by atoms with van der Waals surface area (Å²) in [6.07, 6.45) is 1.49. The normalized spacial score (nSPS) is 9.70. The second-order valence-corrected chi connectivity index (χ2v) is 3.37. The van der Waals surface area contributed by atoms with Crippen LogP contribution < -0.4 is 0 Å². The van der Waals surface area contributed by atoms with Crippen LogP contribution in [0.3, 0.4) is 0 Å². The molecule has 0 heterocycles. The van der Waals surface area contributed by atoms with Crippen LogP contribution in [0.1, 0.15) is 19.8 Å². The molecule has 0 aliphatic rings. The fourth-order valence-corrected chi connectivity index (χ4v) is 0.705. The van der Waals surface area contributed by atoms with Gasteiger partial charge in [-0.05, 0) is 6.42 Å². The van der Waals surface area contributed by atoms with E-state index in [1.807, 2.05) is 6.92 Å². The topological polar surface area (TPSA) is 34.1 Å². The Balaban J connectivity index is 4.18. The Morgan fingerprint density at radius 2 is 2.20 bits per heavy atom. The molecular weight excluding hydrogens is 148 g/mol. The maximum atomic E-state index is 10.6. The van der Waals surface area contributed by atoms with Crippen LogP contribution in [0.25, 0.3) is 0 Å². The van der Waals surface area contributed by atoms with Crippen LogP contribution in [0.15, 0.2) is 12.0 Å². The van der Waals surface area contributed by atoms with Crippen LogP contribution in [0.2, 0.25) is 0 Å². The SMILES string of the molecule is C=CS(=O)(=O)C#CCCC. The van der Waals surface area contributed by atoms with Gasteiger partial charge in [0, 0.05) is 17.1 Å². The minimum absolute atomic E-state index is 0.618. The van der Waals surface area contributed by atoms with Crippen molar-refractivity contribution in [3.63, 3.8) is 0 Å². The van der Waals surface area contributed by atoms with Gasteiger partial charge in [0.1, 0.15) is 0 Å². The lowest BCUT2D eigenvalue weighted by Gasteiger charge is -1.80. The van der Waals surface area contributed by atoms with Crippen LogP contribution in [0, 0.1) is 11.2 Å². The molecule has 0 rings (SSSR count). The van der Waals surface area contributed by atoms with E-state index in [9.17, 15) is 8.42 Å². The van der Waals surface area contributed by atoms with Gasteiger partial charge in [0.25, 0.3) is 0 Å². The molecule has 0 aliphatic heterocycles. The van der Waals surface area contributed by atoms with Gasteiger partial charge in [-0.25, -0.2) is 8.42 Å². The van der Waals surface area contributed by atoms with Crippen LogP contribution in [-0.4, -0.2) is 8.42 Å². The molecule has 10 heavy (non-hydrogen) atoms. The summed E-state index contributed by atoms with van der Waals surface area (Å²) in [5.74, 6) is 2.52. The number of rotatable bonds is 2. The summed E-state index contributed by atoms with van der Waals surface area (Å²) in [5.41, 5.74) is 0. The molecule has 0 bridgehead atoms. The van der Waals surface area contributed by atoms with Gasteiger partial charge in [-0.3, -0.25) is 0 Å². The first-order chi connectivity index (χ1) is 4.62. The third-order valence-electron chi connectivity index (χ3n) is 0.809. The molecular formula is C7H10O2S. The molecule has 0 N–H and O–H groups in total. The van der Waals surface area contributed by atoms with E-state index in [1.165, 1.54) is 0 Å². The monoisotopic (exact) mass is 158 g/mol. The molecule has 0 amide bonds. The first kappa shape index (κ1) is 9.25. The first-order valence-electron chi connectivity index (χ1n) is 2.99. The van der Waals surface area contributed by atoms with Crippen molar-refractivity contribution in [2.75, 3.05) is 0 Å². The maximum Gasteiger partial charge on any atom is 0.237 e. The van der Waals surface area contributed by atoms with E-state index in [0.717, 1.165) is 11.8 Å². The minimum Gasteiger partial charge on any atom is -0.211 e. The highest BCUT2D eigenvalue weighted by Crippen LogP contribution is 1.88. The van der Waals surface area contributed by atoms with Gasteiger partial charge in [0.05, 0.1) is 0 Å². The van der Waals surface area contributed by atoms with Gasteiger partial charge < -0.3 is 0 Å². The summed E-state index contributed by atoms with van der Waals surface area (Å²) in [7, 11) is -3.29. The average molecular weight is 158 g/mol. The summed E-state index contributed by atoms with van der Waals surface area (Å²) in [6, 6.07) is 0. The van der Waals surface area contributed by atoms with Crippen molar-refractivity contribution in [2.45, 2.75) is 19.8 Å². The van der Waals surface area contributed by atoms with E-state index in [2.05, 4.69) is 17.8 Å². The second kappa shape index (κ2) is 4.13. The van der Waals surface area contributed by atoms with Crippen molar-refractivity contribution in [2.24, 2.45) is 0 Å². The Bertz CT molecular complexity index is 251. The van der Waals surface area contributed by atoms with Crippen molar-refractivity contribution < 1.29 is 8.42 Å². The first-order valence-corrected chi connectivity index (χ1v) is 4.54. The lowest BCUT2D eigenvalue weighted by Crippen LogP contribution is -1.86. The zero-order valence-corrected chi connectivity index (χ0v) is 6.74. The van der Waals surface area contributed by atoms with Crippen molar-refractivity contribution in [1.82, 2.24) is 0 Å². The Morgan fingerprint density at radius 3 is 2.60 bits per heavy atom. The summed E-state index contributed by atoms with van der Waals surface area (Å²) in [5, 5.41) is 2.97. The summed E-state index contributed by atoms with van der Waals surface area (Å²) in [4.78, 5) is 0. The Labute approximate surface area is 61.9 Å². The van der Waals surface area contributed by atoms with E-state index < -0.39 is 9.84 Å². The molecule has 56 valence electrons. The molecule has 0 unspecified atom stereocenters. The summed E-state index contributed by atoms with van der Waals surface area (Å²) in [6.45, 7) is 5.06. The smallest absolute Gasteiger partial charge is 0.211 e. The molecule has 0 radical (unpaired) electrons. The van der Waals surface area contributed by atoms with Gasteiger partial charge in [0.15, 0.2) is 0 Å². The molecule has 0 saturated heterocycles.